The monoisotopic (exact) mass is 406 g/mol. The van der Waals surface area contributed by atoms with E-state index in [-0.39, 0.29) is 17.3 Å². The molecule has 0 bridgehead atoms. The van der Waals surface area contributed by atoms with Crippen molar-refractivity contribution in [1.29, 1.82) is 0 Å². The molecule has 0 aliphatic heterocycles. The molecule has 28 heavy (non-hydrogen) atoms. The summed E-state index contributed by atoms with van der Waals surface area (Å²) in [5, 5.41) is 13.3. The van der Waals surface area contributed by atoms with Crippen molar-refractivity contribution in [2.75, 3.05) is 27.7 Å². The van der Waals surface area contributed by atoms with Crippen LogP contribution in [0, 0.1) is 0 Å². The van der Waals surface area contributed by atoms with Gasteiger partial charge in [-0.1, -0.05) is 12.1 Å². The van der Waals surface area contributed by atoms with Gasteiger partial charge in [0.05, 0.1) is 17.6 Å². The molecule has 0 aromatic heterocycles. The van der Waals surface area contributed by atoms with Gasteiger partial charge in [-0.05, 0) is 48.9 Å². The van der Waals surface area contributed by atoms with E-state index in [1.165, 1.54) is 38.4 Å². The summed E-state index contributed by atoms with van der Waals surface area (Å²) in [6, 6.07) is 13.0. The molecule has 2 rings (SSSR count). The SMILES string of the molecule is COc1ccc(CC(C)(O)CNC(=O)c2ccc(S(=O)(=O)N(C)C)cc2)cc1. The van der Waals surface area contributed by atoms with Gasteiger partial charge in [-0.25, -0.2) is 12.7 Å². The number of benzene rings is 2. The smallest absolute Gasteiger partial charge is 0.251 e. The van der Waals surface area contributed by atoms with E-state index in [1.807, 2.05) is 24.3 Å². The van der Waals surface area contributed by atoms with Crippen LogP contribution in [0.1, 0.15) is 22.8 Å². The van der Waals surface area contributed by atoms with Gasteiger partial charge in [0.15, 0.2) is 0 Å². The summed E-state index contributed by atoms with van der Waals surface area (Å²) in [5.74, 6) is 0.347. The molecule has 0 saturated carbocycles. The van der Waals surface area contributed by atoms with Gasteiger partial charge in [0, 0.05) is 32.6 Å². The number of sulfonamides is 1. The van der Waals surface area contributed by atoms with Gasteiger partial charge in [0.1, 0.15) is 5.75 Å². The summed E-state index contributed by atoms with van der Waals surface area (Å²) in [6.07, 6.45) is 0.358. The first-order chi connectivity index (χ1) is 13.0. The van der Waals surface area contributed by atoms with Crippen LogP contribution in [0.2, 0.25) is 0 Å². The average molecular weight is 407 g/mol. The van der Waals surface area contributed by atoms with Gasteiger partial charge in [-0.2, -0.15) is 0 Å². The zero-order valence-electron chi connectivity index (χ0n) is 16.5. The predicted molar refractivity (Wildman–Crippen MR) is 107 cm³/mol. The highest BCUT2D eigenvalue weighted by molar-refractivity contribution is 7.89. The minimum absolute atomic E-state index is 0.0512. The fraction of sp³-hybridized carbons (Fsp3) is 0.350. The number of aliphatic hydroxyl groups is 1. The molecule has 0 fully saturated rings. The zero-order valence-corrected chi connectivity index (χ0v) is 17.3. The minimum Gasteiger partial charge on any atom is -0.497 e. The molecular weight excluding hydrogens is 380 g/mol. The maximum absolute atomic E-state index is 12.3. The number of methoxy groups -OCH3 is 1. The Bertz CT molecular complexity index is 905. The van der Waals surface area contributed by atoms with Gasteiger partial charge < -0.3 is 15.2 Å². The second-order valence-corrected chi connectivity index (χ2v) is 9.17. The molecule has 1 amide bonds. The molecule has 0 heterocycles. The number of carbonyl (C=O) groups is 1. The summed E-state index contributed by atoms with van der Waals surface area (Å²) in [7, 11) is 0.935. The van der Waals surface area contributed by atoms with E-state index in [1.54, 1.807) is 14.0 Å². The molecule has 152 valence electrons. The molecule has 0 saturated heterocycles. The van der Waals surface area contributed by atoms with Crippen LogP contribution in [0.5, 0.6) is 5.75 Å². The highest BCUT2D eigenvalue weighted by Gasteiger charge is 2.23. The molecule has 0 radical (unpaired) electrons. The topological polar surface area (TPSA) is 95.9 Å². The van der Waals surface area contributed by atoms with Crippen LogP contribution in [-0.2, 0) is 16.4 Å². The summed E-state index contributed by atoms with van der Waals surface area (Å²) >= 11 is 0. The third kappa shape index (κ3) is 5.54. The zero-order chi connectivity index (χ0) is 20.9. The van der Waals surface area contributed by atoms with Crippen molar-refractivity contribution in [2.45, 2.75) is 23.8 Å². The average Bonchev–Trinajstić information content (AvgIpc) is 2.66. The Morgan fingerprint density at radius 2 is 1.68 bits per heavy atom. The highest BCUT2D eigenvalue weighted by atomic mass is 32.2. The van der Waals surface area contributed by atoms with E-state index >= 15 is 0 Å². The van der Waals surface area contributed by atoms with Crippen LogP contribution in [-0.4, -0.2) is 57.1 Å². The molecule has 1 atom stereocenters. The number of nitrogens with one attached hydrogen (secondary N) is 1. The first-order valence-electron chi connectivity index (χ1n) is 8.71. The third-order valence-electron chi connectivity index (χ3n) is 4.27. The fourth-order valence-corrected chi connectivity index (χ4v) is 3.51. The van der Waals surface area contributed by atoms with Crippen molar-refractivity contribution in [3.63, 3.8) is 0 Å². The molecule has 7 nitrogen and oxygen atoms in total. The first kappa shape index (κ1) is 21.9. The number of rotatable bonds is 8. The van der Waals surface area contributed by atoms with Gasteiger partial charge in [0.2, 0.25) is 10.0 Å². The van der Waals surface area contributed by atoms with E-state index in [9.17, 15) is 18.3 Å². The molecule has 1 unspecified atom stereocenters. The molecular formula is C20H26N2O5S. The maximum Gasteiger partial charge on any atom is 0.251 e. The van der Waals surface area contributed by atoms with Gasteiger partial charge in [-0.15, -0.1) is 0 Å². The van der Waals surface area contributed by atoms with E-state index in [0.29, 0.717) is 12.0 Å². The number of ether oxygens (including phenoxy) is 1. The van der Waals surface area contributed by atoms with Crippen molar-refractivity contribution in [2.24, 2.45) is 0 Å². The summed E-state index contributed by atoms with van der Waals surface area (Å²) in [5.41, 5.74) is 0.0922. The van der Waals surface area contributed by atoms with Gasteiger partial charge in [0.25, 0.3) is 5.91 Å². The normalized spacial score (nSPS) is 13.8. The lowest BCUT2D eigenvalue weighted by Gasteiger charge is -2.24. The lowest BCUT2D eigenvalue weighted by molar-refractivity contribution is 0.0552. The van der Waals surface area contributed by atoms with Crippen LogP contribution in [0.15, 0.2) is 53.4 Å². The number of nitrogens with zero attached hydrogens (tertiary/aromatic N) is 1. The van der Waals surface area contributed by atoms with Gasteiger partial charge >= 0.3 is 0 Å². The molecule has 2 aromatic rings. The van der Waals surface area contributed by atoms with Crippen molar-refractivity contribution in [1.82, 2.24) is 9.62 Å². The van der Waals surface area contributed by atoms with Crippen LogP contribution in [0.25, 0.3) is 0 Å². The van der Waals surface area contributed by atoms with E-state index < -0.39 is 15.6 Å². The number of amides is 1. The lowest BCUT2D eigenvalue weighted by Crippen LogP contribution is -2.42. The van der Waals surface area contributed by atoms with Gasteiger partial charge in [-0.3, -0.25) is 4.79 Å². The number of hydrogen-bond acceptors (Lipinski definition) is 5. The molecule has 8 heteroatoms. The van der Waals surface area contributed by atoms with Crippen LogP contribution in [0.4, 0.5) is 0 Å². The Labute approximate surface area is 166 Å². The summed E-state index contributed by atoms with van der Waals surface area (Å²) < 4.78 is 30.4. The summed E-state index contributed by atoms with van der Waals surface area (Å²) in [6.45, 7) is 1.69. The second kappa shape index (κ2) is 8.72. The molecule has 2 N–H and O–H groups in total. The largest absolute Gasteiger partial charge is 0.497 e. The minimum atomic E-state index is -3.54. The summed E-state index contributed by atoms with van der Waals surface area (Å²) in [4.78, 5) is 12.4. The first-order valence-corrected chi connectivity index (χ1v) is 10.2. The van der Waals surface area contributed by atoms with Crippen LogP contribution in [0.3, 0.4) is 0 Å². The number of carbonyl (C=O) groups excluding carboxylic acids is 1. The van der Waals surface area contributed by atoms with Crippen molar-refractivity contribution in [3.8, 4) is 5.75 Å². The van der Waals surface area contributed by atoms with Crippen LogP contribution < -0.4 is 10.1 Å². The Morgan fingerprint density at radius 3 is 2.18 bits per heavy atom. The molecule has 0 spiro atoms. The Hall–Kier alpha value is -2.42. The van der Waals surface area contributed by atoms with Crippen molar-refractivity contribution in [3.05, 3.63) is 59.7 Å². The van der Waals surface area contributed by atoms with E-state index in [2.05, 4.69) is 5.32 Å². The maximum atomic E-state index is 12.3. The Morgan fingerprint density at radius 1 is 1.11 bits per heavy atom. The Kier molecular flexibility index (Phi) is 6.82. The second-order valence-electron chi connectivity index (χ2n) is 7.02. The standard InChI is InChI=1S/C20H26N2O5S/c1-20(24,13-15-5-9-17(27-4)10-6-15)14-21-19(23)16-7-11-18(12-8-16)28(25,26)22(2)3/h5-12,24H,13-14H2,1-4H3,(H,21,23). The van der Waals surface area contributed by atoms with E-state index in [0.717, 1.165) is 15.6 Å². The Balaban J connectivity index is 1.98. The predicted octanol–water partition coefficient (Wildman–Crippen LogP) is 1.67. The van der Waals surface area contributed by atoms with Crippen molar-refractivity contribution < 1.29 is 23.1 Å². The fourth-order valence-electron chi connectivity index (χ4n) is 2.61. The molecule has 0 aliphatic rings. The molecule has 0 aliphatic carbocycles. The van der Waals surface area contributed by atoms with Crippen LogP contribution >= 0.6 is 0 Å². The lowest BCUT2D eigenvalue weighted by atomic mass is 9.96. The highest BCUT2D eigenvalue weighted by Crippen LogP contribution is 2.17. The number of hydrogen-bond donors (Lipinski definition) is 2. The quantitative estimate of drug-likeness (QED) is 0.695. The van der Waals surface area contributed by atoms with Crippen molar-refractivity contribution >= 4 is 15.9 Å². The molecule has 2 aromatic carbocycles. The third-order valence-corrected chi connectivity index (χ3v) is 6.10. The van der Waals surface area contributed by atoms with E-state index in [4.69, 9.17) is 4.74 Å².